The lowest BCUT2D eigenvalue weighted by Crippen LogP contribution is -2.46. The van der Waals surface area contributed by atoms with Gasteiger partial charge in [-0.3, -0.25) is 9.10 Å². The zero-order chi connectivity index (χ0) is 27.0. The van der Waals surface area contributed by atoms with Crippen LogP contribution in [0.2, 0.25) is 10.0 Å². The number of esters is 1. The lowest BCUT2D eigenvalue weighted by molar-refractivity contribution is -0.141. The molecule has 0 aliphatic carbocycles. The average molecular weight is 576 g/mol. The van der Waals surface area contributed by atoms with Gasteiger partial charge in [-0.15, -0.1) is 0 Å². The van der Waals surface area contributed by atoms with Crippen molar-refractivity contribution >= 4 is 50.6 Å². The summed E-state index contributed by atoms with van der Waals surface area (Å²) in [6, 6.07) is 17.9. The molecule has 5 rings (SSSR count). The molecule has 0 aromatic heterocycles. The molecule has 200 valence electrons. The highest BCUT2D eigenvalue weighted by Gasteiger charge is 2.37. The van der Waals surface area contributed by atoms with E-state index in [1.165, 1.54) is 11.4 Å². The van der Waals surface area contributed by atoms with Crippen molar-refractivity contribution in [1.29, 1.82) is 0 Å². The van der Waals surface area contributed by atoms with Gasteiger partial charge in [0.15, 0.2) is 0 Å². The largest absolute Gasteiger partial charge is 0.486 e. The minimum Gasteiger partial charge on any atom is -0.486 e. The van der Waals surface area contributed by atoms with E-state index in [4.69, 9.17) is 32.7 Å². The second kappa shape index (κ2) is 10.7. The number of sulfonamides is 1. The van der Waals surface area contributed by atoms with Gasteiger partial charge in [0.2, 0.25) is 0 Å². The summed E-state index contributed by atoms with van der Waals surface area (Å²) in [4.78, 5) is 14.1. The molecule has 0 saturated carbocycles. The van der Waals surface area contributed by atoms with Crippen LogP contribution in [0.4, 0.5) is 11.4 Å². The van der Waals surface area contributed by atoms with Gasteiger partial charge in [-0.2, -0.15) is 0 Å². The molecule has 1 fully saturated rings. The second-order valence-electron chi connectivity index (χ2n) is 9.60. The Hall–Kier alpha value is -2.94. The summed E-state index contributed by atoms with van der Waals surface area (Å²) in [5.41, 5.74) is 3.13. The Bertz CT molecular complexity index is 1450. The van der Waals surface area contributed by atoms with E-state index in [1.54, 1.807) is 24.3 Å². The highest BCUT2D eigenvalue weighted by atomic mass is 35.5. The number of ether oxygens (including phenoxy) is 2. The summed E-state index contributed by atoms with van der Waals surface area (Å²) in [5, 5.41) is 1.30. The van der Waals surface area contributed by atoms with Crippen molar-refractivity contribution in [2.45, 2.75) is 36.7 Å². The number of hydrogen-bond donors (Lipinski definition) is 0. The van der Waals surface area contributed by atoms with Crippen LogP contribution in [0.5, 0.6) is 5.75 Å². The molecule has 0 bridgehead atoms. The summed E-state index contributed by atoms with van der Waals surface area (Å²) in [7, 11) is -2.56. The van der Waals surface area contributed by atoms with Crippen LogP contribution >= 0.6 is 23.2 Å². The third-order valence-electron chi connectivity index (χ3n) is 7.00. The van der Waals surface area contributed by atoms with E-state index >= 15 is 0 Å². The van der Waals surface area contributed by atoms with E-state index in [9.17, 15) is 13.2 Å². The Morgan fingerprint density at radius 3 is 2.42 bits per heavy atom. The Kier molecular flexibility index (Phi) is 7.49. The predicted octanol–water partition coefficient (Wildman–Crippen LogP) is 5.82. The first-order valence-electron chi connectivity index (χ1n) is 12.3. The first kappa shape index (κ1) is 26.7. The molecular weight excluding hydrogens is 547 g/mol. The van der Waals surface area contributed by atoms with Crippen molar-refractivity contribution in [1.82, 2.24) is 0 Å². The number of carbonyl (C=O) groups excluding carboxylic acids is 1. The number of rotatable bonds is 7. The Morgan fingerprint density at radius 2 is 1.74 bits per heavy atom. The standard InChI is InChI=1S/C28H28Cl2N2O5S/c1-18-5-3-6-22(13-18)38(34,35)32-17-21(10-12-27(33)36-2)37-26-11-9-20(14-25(26)32)31-15-19(16-31)28-23(29)7-4-8-24(28)30/h3-9,11,13-14,19,21H,10,12,15-17H2,1-2H3/t21-/m0/s1. The van der Waals surface area contributed by atoms with Crippen LogP contribution in [-0.2, 0) is 19.6 Å². The molecule has 0 radical (unpaired) electrons. The van der Waals surface area contributed by atoms with Crippen molar-refractivity contribution in [2.75, 3.05) is 35.9 Å². The lowest BCUT2D eigenvalue weighted by atomic mass is 9.90. The molecule has 2 aliphatic heterocycles. The summed E-state index contributed by atoms with van der Waals surface area (Å²) in [6.45, 7) is 3.35. The van der Waals surface area contributed by atoms with Gasteiger partial charge in [0.05, 0.1) is 24.2 Å². The van der Waals surface area contributed by atoms with Gasteiger partial charge in [0.1, 0.15) is 11.9 Å². The van der Waals surface area contributed by atoms with Gasteiger partial charge in [0, 0.05) is 41.2 Å². The van der Waals surface area contributed by atoms with Crippen LogP contribution in [0, 0.1) is 6.92 Å². The van der Waals surface area contributed by atoms with Gasteiger partial charge < -0.3 is 14.4 Å². The number of fused-ring (bicyclic) bond motifs is 1. The number of carbonyl (C=O) groups is 1. The van der Waals surface area contributed by atoms with Crippen molar-refractivity contribution in [3.63, 3.8) is 0 Å². The van der Waals surface area contributed by atoms with Crippen LogP contribution < -0.4 is 13.9 Å². The zero-order valence-electron chi connectivity index (χ0n) is 21.1. The Labute approximate surface area is 232 Å². The molecule has 3 aromatic carbocycles. The quantitative estimate of drug-likeness (QED) is 0.331. The average Bonchev–Trinajstić information content (AvgIpc) is 2.87. The number of halogens is 2. The number of anilines is 2. The van der Waals surface area contributed by atoms with Crippen LogP contribution in [-0.4, -0.2) is 47.2 Å². The highest BCUT2D eigenvalue weighted by Crippen LogP contribution is 2.44. The minimum absolute atomic E-state index is 0.0849. The van der Waals surface area contributed by atoms with E-state index < -0.39 is 16.1 Å². The number of methoxy groups -OCH3 is 1. The first-order valence-corrected chi connectivity index (χ1v) is 14.5. The van der Waals surface area contributed by atoms with E-state index in [-0.39, 0.29) is 29.7 Å². The normalized spacial score (nSPS) is 17.4. The maximum absolute atomic E-state index is 13.9. The van der Waals surface area contributed by atoms with Crippen molar-refractivity contribution < 1.29 is 22.7 Å². The monoisotopic (exact) mass is 574 g/mol. The first-order chi connectivity index (χ1) is 18.2. The lowest BCUT2D eigenvalue weighted by Gasteiger charge is -2.43. The molecule has 2 aliphatic rings. The number of benzene rings is 3. The summed E-state index contributed by atoms with van der Waals surface area (Å²) >= 11 is 12.8. The van der Waals surface area contributed by atoms with E-state index in [0.717, 1.165) is 16.8 Å². The molecule has 3 aromatic rings. The molecular formula is C28H28Cl2N2O5S. The minimum atomic E-state index is -3.89. The maximum Gasteiger partial charge on any atom is 0.305 e. The molecule has 10 heteroatoms. The van der Waals surface area contributed by atoms with Gasteiger partial charge >= 0.3 is 5.97 Å². The fraction of sp³-hybridized carbons (Fsp3) is 0.321. The van der Waals surface area contributed by atoms with Crippen LogP contribution in [0.3, 0.4) is 0 Å². The summed E-state index contributed by atoms with van der Waals surface area (Å²) in [6.07, 6.45) is -0.0323. The van der Waals surface area contributed by atoms with Crippen LogP contribution in [0.15, 0.2) is 65.6 Å². The molecule has 2 heterocycles. The molecule has 7 nitrogen and oxygen atoms in total. The van der Waals surface area contributed by atoms with E-state index in [1.807, 2.05) is 43.3 Å². The van der Waals surface area contributed by atoms with Crippen LogP contribution in [0.1, 0.15) is 29.9 Å². The number of nitrogens with zero attached hydrogens (tertiary/aromatic N) is 2. The SMILES string of the molecule is COC(=O)CC[C@H]1CN(S(=O)(=O)c2cccc(C)c2)c2cc(N3CC(c4c(Cl)cccc4Cl)C3)ccc2O1. The molecule has 0 N–H and O–H groups in total. The highest BCUT2D eigenvalue weighted by molar-refractivity contribution is 7.92. The molecule has 0 amide bonds. The second-order valence-corrected chi connectivity index (χ2v) is 12.3. The van der Waals surface area contributed by atoms with Gasteiger partial charge in [-0.25, -0.2) is 8.42 Å². The maximum atomic E-state index is 13.9. The van der Waals surface area contributed by atoms with E-state index in [2.05, 4.69) is 4.90 Å². The third-order valence-corrected chi connectivity index (χ3v) is 9.44. The topological polar surface area (TPSA) is 76.2 Å². The van der Waals surface area contributed by atoms with Gasteiger partial charge in [-0.1, -0.05) is 41.4 Å². The van der Waals surface area contributed by atoms with Crippen molar-refractivity contribution in [2.24, 2.45) is 0 Å². The molecule has 38 heavy (non-hydrogen) atoms. The van der Waals surface area contributed by atoms with Crippen LogP contribution in [0.25, 0.3) is 0 Å². The fourth-order valence-corrected chi connectivity index (χ4v) is 7.24. The zero-order valence-corrected chi connectivity index (χ0v) is 23.4. The molecule has 0 spiro atoms. The molecule has 0 unspecified atom stereocenters. The number of aryl methyl sites for hydroxylation is 1. The fourth-order valence-electron chi connectivity index (χ4n) is 4.93. The molecule has 1 atom stereocenters. The summed E-state index contributed by atoms with van der Waals surface area (Å²) < 4.78 is 40.0. The summed E-state index contributed by atoms with van der Waals surface area (Å²) in [5.74, 6) is 0.268. The molecule has 1 saturated heterocycles. The Morgan fingerprint density at radius 1 is 1.03 bits per heavy atom. The van der Waals surface area contributed by atoms with Gasteiger partial charge in [0.25, 0.3) is 10.0 Å². The smallest absolute Gasteiger partial charge is 0.305 e. The van der Waals surface area contributed by atoms with Crippen molar-refractivity contribution in [3.8, 4) is 5.75 Å². The number of hydrogen-bond acceptors (Lipinski definition) is 6. The van der Waals surface area contributed by atoms with E-state index in [0.29, 0.717) is 41.0 Å². The van der Waals surface area contributed by atoms with Crippen molar-refractivity contribution in [3.05, 3.63) is 81.8 Å². The predicted molar refractivity (Wildman–Crippen MR) is 149 cm³/mol. The Balaban J connectivity index is 1.45. The third kappa shape index (κ3) is 5.17. The van der Waals surface area contributed by atoms with Gasteiger partial charge in [-0.05, 0) is 66.9 Å².